The van der Waals surface area contributed by atoms with Gasteiger partial charge in [0, 0.05) is 11.1 Å². The van der Waals surface area contributed by atoms with Crippen LogP contribution in [0.4, 0.5) is 5.69 Å². The summed E-state index contributed by atoms with van der Waals surface area (Å²) < 4.78 is 56.9. The van der Waals surface area contributed by atoms with Gasteiger partial charge in [-0.25, -0.2) is 0 Å². The molecular formula is C13H15NO6S2. The summed E-state index contributed by atoms with van der Waals surface area (Å²) in [6, 6.07) is 5.40. The number of hydrogen-bond donors (Lipinski definition) is 1. The van der Waals surface area contributed by atoms with Crippen molar-refractivity contribution in [2.75, 3.05) is 20.0 Å². The van der Waals surface area contributed by atoms with Crippen molar-refractivity contribution in [3.05, 3.63) is 29.8 Å². The molecule has 120 valence electrons. The van der Waals surface area contributed by atoms with Gasteiger partial charge in [-0.15, -0.1) is 0 Å². The number of anilines is 1. The van der Waals surface area contributed by atoms with Crippen LogP contribution in [0.1, 0.15) is 5.56 Å². The lowest BCUT2D eigenvalue weighted by atomic mass is 10.1. The third-order valence-corrected chi connectivity index (χ3v) is 5.84. The Hall–Kier alpha value is -1.68. The Labute approximate surface area is 128 Å². The van der Waals surface area contributed by atoms with E-state index in [9.17, 15) is 16.8 Å². The third kappa shape index (κ3) is 2.80. The summed E-state index contributed by atoms with van der Waals surface area (Å²) in [6.07, 6.45) is 0. The summed E-state index contributed by atoms with van der Waals surface area (Å²) in [4.78, 5) is -0.558. The largest absolute Gasteiger partial charge is 0.398 e. The molecule has 0 aromatic heterocycles. The molecule has 2 aromatic rings. The van der Waals surface area contributed by atoms with Crippen LogP contribution in [0, 0.1) is 6.92 Å². The van der Waals surface area contributed by atoms with Gasteiger partial charge in [0.05, 0.1) is 19.1 Å². The van der Waals surface area contributed by atoms with E-state index in [4.69, 9.17) is 5.73 Å². The minimum Gasteiger partial charge on any atom is -0.398 e. The van der Waals surface area contributed by atoms with Crippen LogP contribution in [-0.2, 0) is 28.6 Å². The number of benzene rings is 2. The number of nitrogen functional groups attached to an aromatic ring is 1. The van der Waals surface area contributed by atoms with Crippen LogP contribution in [0.3, 0.4) is 0 Å². The summed E-state index contributed by atoms with van der Waals surface area (Å²) in [5.41, 5.74) is 6.90. The van der Waals surface area contributed by atoms with Gasteiger partial charge in [-0.3, -0.25) is 8.37 Å². The number of aryl methyl sites for hydroxylation is 1. The maximum Gasteiger partial charge on any atom is 0.297 e. The highest BCUT2D eigenvalue weighted by atomic mass is 32.2. The Kier molecular flexibility index (Phi) is 4.18. The van der Waals surface area contributed by atoms with Gasteiger partial charge < -0.3 is 5.73 Å². The van der Waals surface area contributed by atoms with Crippen LogP contribution in [0.15, 0.2) is 34.1 Å². The molecular weight excluding hydrogens is 330 g/mol. The van der Waals surface area contributed by atoms with Crippen molar-refractivity contribution in [2.45, 2.75) is 16.7 Å². The standard InChI is InChI=1S/C13H15NO6S2/c1-8-4-9-5-10(21(15,16)19-2)6-13(22(17,18)20-3)11(9)7-12(8)14/h4-7H,14H2,1-3H3. The lowest BCUT2D eigenvalue weighted by Gasteiger charge is -2.11. The van der Waals surface area contributed by atoms with Crippen LogP contribution in [0.25, 0.3) is 10.8 Å². The Morgan fingerprint density at radius 1 is 0.909 bits per heavy atom. The summed E-state index contributed by atoms with van der Waals surface area (Å²) in [5.74, 6) is 0. The van der Waals surface area contributed by atoms with Crippen LogP contribution < -0.4 is 5.73 Å². The summed E-state index contributed by atoms with van der Waals surface area (Å²) in [5, 5.41) is 0.681. The van der Waals surface area contributed by atoms with E-state index in [1.54, 1.807) is 13.0 Å². The van der Waals surface area contributed by atoms with Crippen LogP contribution in [0.2, 0.25) is 0 Å². The Balaban J connectivity index is 3.00. The molecule has 0 unspecified atom stereocenters. The molecule has 0 heterocycles. The zero-order valence-electron chi connectivity index (χ0n) is 12.2. The average Bonchev–Trinajstić information content (AvgIpc) is 2.47. The molecule has 0 fully saturated rings. The Morgan fingerprint density at radius 2 is 1.50 bits per heavy atom. The SMILES string of the molecule is COS(=O)(=O)c1cc(S(=O)(=O)OC)c2cc(N)c(C)cc2c1. The molecule has 0 aliphatic heterocycles. The van der Waals surface area contributed by atoms with Crippen molar-refractivity contribution in [1.82, 2.24) is 0 Å². The van der Waals surface area contributed by atoms with E-state index in [2.05, 4.69) is 8.37 Å². The first-order valence-corrected chi connectivity index (χ1v) is 8.89. The first-order valence-electron chi connectivity index (χ1n) is 6.07. The number of fused-ring (bicyclic) bond motifs is 1. The quantitative estimate of drug-likeness (QED) is 0.658. The van der Waals surface area contributed by atoms with E-state index in [0.717, 1.165) is 20.3 Å². The molecule has 0 radical (unpaired) electrons. The lowest BCUT2D eigenvalue weighted by molar-refractivity contribution is 0.396. The maximum atomic E-state index is 12.1. The predicted molar refractivity (Wildman–Crippen MR) is 81.5 cm³/mol. The van der Waals surface area contributed by atoms with Gasteiger partial charge >= 0.3 is 0 Å². The second-order valence-corrected chi connectivity index (χ2v) is 7.99. The van der Waals surface area contributed by atoms with Gasteiger partial charge in [0.15, 0.2) is 0 Å². The van der Waals surface area contributed by atoms with Gasteiger partial charge in [-0.05, 0) is 42.1 Å². The normalized spacial score (nSPS) is 12.7. The van der Waals surface area contributed by atoms with Gasteiger partial charge in [0.1, 0.15) is 4.90 Å². The van der Waals surface area contributed by atoms with Crippen molar-refractivity contribution in [3.8, 4) is 0 Å². The van der Waals surface area contributed by atoms with Crippen molar-refractivity contribution < 1.29 is 25.2 Å². The van der Waals surface area contributed by atoms with Crippen LogP contribution in [0.5, 0.6) is 0 Å². The van der Waals surface area contributed by atoms with Crippen LogP contribution in [-0.4, -0.2) is 31.1 Å². The molecule has 9 heteroatoms. The molecule has 0 saturated heterocycles. The second kappa shape index (κ2) is 5.51. The minimum atomic E-state index is -4.12. The van der Waals surface area contributed by atoms with E-state index in [-0.39, 0.29) is 15.2 Å². The van der Waals surface area contributed by atoms with Gasteiger partial charge in [0.25, 0.3) is 20.2 Å². The molecule has 0 saturated carbocycles. The molecule has 0 bridgehead atoms. The number of hydrogen-bond acceptors (Lipinski definition) is 7. The lowest BCUT2D eigenvalue weighted by Crippen LogP contribution is -2.08. The molecule has 0 spiro atoms. The van der Waals surface area contributed by atoms with E-state index >= 15 is 0 Å². The molecule has 22 heavy (non-hydrogen) atoms. The molecule has 2 aromatic carbocycles. The van der Waals surface area contributed by atoms with Gasteiger partial charge in [-0.2, -0.15) is 16.8 Å². The zero-order valence-corrected chi connectivity index (χ0v) is 13.8. The maximum absolute atomic E-state index is 12.1. The Morgan fingerprint density at radius 3 is 2.05 bits per heavy atom. The molecule has 2 rings (SSSR count). The van der Waals surface area contributed by atoms with E-state index in [0.29, 0.717) is 16.6 Å². The average molecular weight is 345 g/mol. The zero-order chi connectivity index (χ0) is 16.7. The Bertz CT molecular complexity index is 948. The molecule has 0 aliphatic rings. The van der Waals surface area contributed by atoms with Crippen molar-refractivity contribution >= 4 is 36.7 Å². The molecule has 2 N–H and O–H groups in total. The van der Waals surface area contributed by atoms with Crippen molar-refractivity contribution in [2.24, 2.45) is 0 Å². The topological polar surface area (TPSA) is 113 Å². The second-order valence-electron chi connectivity index (χ2n) is 4.59. The van der Waals surface area contributed by atoms with E-state index in [1.807, 2.05) is 0 Å². The first kappa shape index (κ1) is 16.7. The van der Waals surface area contributed by atoms with Gasteiger partial charge in [0.2, 0.25) is 0 Å². The smallest absolute Gasteiger partial charge is 0.297 e. The summed E-state index contributed by atoms with van der Waals surface area (Å²) in [7, 11) is -6.18. The fourth-order valence-electron chi connectivity index (χ4n) is 2.02. The molecule has 0 aliphatic carbocycles. The van der Waals surface area contributed by atoms with E-state index in [1.165, 1.54) is 12.1 Å². The summed E-state index contributed by atoms with van der Waals surface area (Å²) in [6.45, 7) is 1.73. The highest BCUT2D eigenvalue weighted by Crippen LogP contribution is 2.31. The number of nitrogens with two attached hydrogens (primary N) is 1. The van der Waals surface area contributed by atoms with Crippen LogP contribution >= 0.6 is 0 Å². The fraction of sp³-hybridized carbons (Fsp3) is 0.231. The van der Waals surface area contributed by atoms with Gasteiger partial charge in [-0.1, -0.05) is 0 Å². The third-order valence-electron chi connectivity index (χ3n) is 3.27. The van der Waals surface area contributed by atoms with E-state index < -0.39 is 20.2 Å². The predicted octanol–water partition coefficient (Wildman–Crippen LogP) is 1.40. The minimum absolute atomic E-state index is 0.276. The summed E-state index contributed by atoms with van der Waals surface area (Å²) >= 11 is 0. The van der Waals surface area contributed by atoms with Crippen molar-refractivity contribution in [3.63, 3.8) is 0 Å². The first-order chi connectivity index (χ1) is 10.1. The molecule has 0 atom stereocenters. The highest BCUT2D eigenvalue weighted by molar-refractivity contribution is 7.87. The van der Waals surface area contributed by atoms with Crippen molar-refractivity contribution in [1.29, 1.82) is 0 Å². The molecule has 7 nitrogen and oxygen atoms in total. The monoisotopic (exact) mass is 345 g/mol. The highest BCUT2D eigenvalue weighted by Gasteiger charge is 2.23. The number of rotatable bonds is 4. The fourth-order valence-corrected chi connectivity index (χ4v) is 3.72. The molecule has 0 amide bonds.